The Kier molecular flexibility index (Phi) is 7.13. The fourth-order valence-corrected chi connectivity index (χ4v) is 3.13. The van der Waals surface area contributed by atoms with Crippen LogP contribution in [0, 0.1) is 18.3 Å². The van der Waals surface area contributed by atoms with Crippen molar-refractivity contribution < 1.29 is 9.53 Å². The van der Waals surface area contributed by atoms with Crippen LogP contribution in [0.15, 0.2) is 72.3 Å². The zero-order valence-corrected chi connectivity index (χ0v) is 17.7. The number of nitriles is 1. The van der Waals surface area contributed by atoms with E-state index in [0.29, 0.717) is 33.7 Å². The minimum Gasteiger partial charge on any atom is -0.488 e. The first-order chi connectivity index (χ1) is 14.5. The molecule has 0 aliphatic carbocycles. The summed E-state index contributed by atoms with van der Waals surface area (Å²) in [6.45, 7) is 2.15. The summed E-state index contributed by atoms with van der Waals surface area (Å²) < 4.78 is 5.89. The average molecular weight is 437 g/mol. The molecule has 0 unspecified atom stereocenters. The van der Waals surface area contributed by atoms with Gasteiger partial charge in [-0.1, -0.05) is 59.6 Å². The van der Waals surface area contributed by atoms with E-state index in [-0.39, 0.29) is 5.57 Å². The van der Waals surface area contributed by atoms with E-state index in [9.17, 15) is 10.1 Å². The van der Waals surface area contributed by atoms with Gasteiger partial charge in [-0.2, -0.15) is 5.26 Å². The number of hydrogen-bond donors (Lipinski definition) is 1. The maximum atomic E-state index is 12.6. The highest BCUT2D eigenvalue weighted by Crippen LogP contribution is 2.24. The second-order valence-electron chi connectivity index (χ2n) is 6.54. The van der Waals surface area contributed by atoms with Crippen LogP contribution in [0.25, 0.3) is 6.08 Å². The molecule has 0 saturated heterocycles. The number of nitrogens with one attached hydrogen (secondary N) is 1. The smallest absolute Gasteiger partial charge is 0.266 e. The summed E-state index contributed by atoms with van der Waals surface area (Å²) in [4.78, 5) is 12.6. The third-order valence-corrected chi connectivity index (χ3v) is 4.79. The van der Waals surface area contributed by atoms with Crippen LogP contribution in [0.4, 0.5) is 5.69 Å². The number of hydrogen-bond acceptors (Lipinski definition) is 3. The van der Waals surface area contributed by atoms with Crippen molar-refractivity contribution in [3.8, 4) is 11.8 Å². The Morgan fingerprint density at radius 3 is 2.60 bits per heavy atom. The first kappa shape index (κ1) is 21.4. The normalized spacial score (nSPS) is 10.9. The maximum absolute atomic E-state index is 12.6. The summed E-state index contributed by atoms with van der Waals surface area (Å²) in [5.41, 5.74) is 2.88. The van der Waals surface area contributed by atoms with E-state index < -0.39 is 5.91 Å². The molecule has 1 N–H and O–H groups in total. The molecule has 150 valence electrons. The van der Waals surface area contributed by atoms with Crippen molar-refractivity contribution >= 4 is 40.9 Å². The largest absolute Gasteiger partial charge is 0.488 e. The lowest BCUT2D eigenvalue weighted by Gasteiger charge is -2.11. The monoisotopic (exact) mass is 436 g/mol. The molecule has 4 nitrogen and oxygen atoms in total. The van der Waals surface area contributed by atoms with Gasteiger partial charge in [0.25, 0.3) is 5.91 Å². The van der Waals surface area contributed by atoms with Crippen molar-refractivity contribution in [3.63, 3.8) is 0 Å². The van der Waals surface area contributed by atoms with Gasteiger partial charge in [0, 0.05) is 21.3 Å². The van der Waals surface area contributed by atoms with Crippen molar-refractivity contribution in [2.24, 2.45) is 0 Å². The van der Waals surface area contributed by atoms with E-state index in [0.717, 1.165) is 11.1 Å². The Morgan fingerprint density at radius 2 is 1.83 bits per heavy atom. The number of anilines is 1. The fraction of sp³-hybridized carbons (Fsp3) is 0.0833. The molecule has 0 saturated carbocycles. The van der Waals surface area contributed by atoms with Gasteiger partial charge in [0.2, 0.25) is 0 Å². The Morgan fingerprint density at radius 1 is 1.07 bits per heavy atom. The number of benzene rings is 3. The summed E-state index contributed by atoms with van der Waals surface area (Å²) in [5, 5.41) is 13.4. The minimum absolute atomic E-state index is 0.0480. The lowest BCUT2D eigenvalue weighted by molar-refractivity contribution is -0.112. The van der Waals surface area contributed by atoms with E-state index in [2.05, 4.69) is 5.32 Å². The summed E-state index contributed by atoms with van der Waals surface area (Å²) in [6.07, 6.45) is 1.50. The van der Waals surface area contributed by atoms with Gasteiger partial charge in [0.15, 0.2) is 0 Å². The number of para-hydroxylation sites is 1. The Balaban J connectivity index is 1.81. The molecule has 0 aliphatic rings. The molecule has 0 aliphatic heterocycles. The molecule has 0 atom stereocenters. The number of rotatable bonds is 6. The number of amides is 1. The molecule has 0 aromatic heterocycles. The molecule has 0 spiro atoms. The van der Waals surface area contributed by atoms with Gasteiger partial charge in [-0.3, -0.25) is 4.79 Å². The van der Waals surface area contributed by atoms with Crippen molar-refractivity contribution in [3.05, 3.63) is 99.0 Å². The summed E-state index contributed by atoms with van der Waals surface area (Å²) >= 11 is 12.0. The first-order valence-corrected chi connectivity index (χ1v) is 9.87. The predicted octanol–water partition coefficient (Wildman–Crippen LogP) is 6.43. The van der Waals surface area contributed by atoms with E-state index in [4.69, 9.17) is 27.9 Å². The van der Waals surface area contributed by atoms with E-state index in [1.165, 1.54) is 6.08 Å². The molecule has 30 heavy (non-hydrogen) atoms. The standard InChI is InChI=1S/C24H18Cl2N2O2/c1-16-9-10-21(26)13-22(16)28-24(29)19(14-27)12-18-6-2-3-8-23(18)30-15-17-5-4-7-20(25)11-17/h2-13H,15H2,1H3,(H,28,29)/b19-12+. The highest BCUT2D eigenvalue weighted by atomic mass is 35.5. The van der Waals surface area contributed by atoms with Gasteiger partial charge in [-0.15, -0.1) is 0 Å². The van der Waals surface area contributed by atoms with Crippen LogP contribution in [0.2, 0.25) is 10.0 Å². The van der Waals surface area contributed by atoms with Crippen LogP contribution >= 0.6 is 23.2 Å². The molecule has 3 aromatic carbocycles. The number of ether oxygens (including phenoxy) is 1. The minimum atomic E-state index is -0.521. The van der Waals surface area contributed by atoms with Crippen molar-refractivity contribution in [2.45, 2.75) is 13.5 Å². The summed E-state index contributed by atoms with van der Waals surface area (Å²) in [7, 11) is 0. The van der Waals surface area contributed by atoms with Crippen LogP contribution in [0.3, 0.4) is 0 Å². The van der Waals surface area contributed by atoms with Gasteiger partial charge in [0.1, 0.15) is 24.0 Å². The van der Waals surface area contributed by atoms with Crippen LogP contribution in [-0.2, 0) is 11.4 Å². The maximum Gasteiger partial charge on any atom is 0.266 e. The number of carbonyl (C=O) groups is 1. The fourth-order valence-electron chi connectivity index (χ4n) is 2.74. The van der Waals surface area contributed by atoms with Crippen molar-refractivity contribution in [1.82, 2.24) is 0 Å². The number of nitrogens with zero attached hydrogens (tertiary/aromatic N) is 1. The molecule has 3 rings (SSSR count). The van der Waals surface area contributed by atoms with E-state index >= 15 is 0 Å². The molecule has 1 amide bonds. The second kappa shape index (κ2) is 9.98. The Hall–Kier alpha value is -3.26. The second-order valence-corrected chi connectivity index (χ2v) is 7.41. The van der Waals surface area contributed by atoms with Crippen LogP contribution < -0.4 is 10.1 Å². The van der Waals surface area contributed by atoms with Gasteiger partial charge >= 0.3 is 0 Å². The van der Waals surface area contributed by atoms with Crippen LogP contribution in [0.5, 0.6) is 5.75 Å². The molecule has 6 heteroatoms. The third kappa shape index (κ3) is 5.64. The first-order valence-electron chi connectivity index (χ1n) is 9.12. The molecular weight excluding hydrogens is 419 g/mol. The highest BCUT2D eigenvalue weighted by Gasteiger charge is 2.13. The SMILES string of the molecule is Cc1ccc(Cl)cc1NC(=O)/C(C#N)=C/c1ccccc1OCc1cccc(Cl)c1. The lowest BCUT2D eigenvalue weighted by atomic mass is 10.1. The van der Waals surface area contributed by atoms with Crippen molar-refractivity contribution in [2.75, 3.05) is 5.32 Å². The number of aryl methyl sites for hydroxylation is 1. The molecule has 0 radical (unpaired) electrons. The van der Waals surface area contributed by atoms with Gasteiger partial charge in [-0.25, -0.2) is 0 Å². The van der Waals surface area contributed by atoms with Gasteiger partial charge in [-0.05, 0) is 54.5 Å². The Labute approximate surface area is 185 Å². The van der Waals surface area contributed by atoms with E-state index in [1.54, 1.807) is 36.4 Å². The van der Waals surface area contributed by atoms with Crippen LogP contribution in [-0.4, -0.2) is 5.91 Å². The van der Waals surface area contributed by atoms with E-state index in [1.807, 2.05) is 43.3 Å². The number of halogens is 2. The molecule has 0 fully saturated rings. The quantitative estimate of drug-likeness (QED) is 0.357. The van der Waals surface area contributed by atoms with Gasteiger partial charge < -0.3 is 10.1 Å². The topological polar surface area (TPSA) is 62.1 Å². The lowest BCUT2D eigenvalue weighted by Crippen LogP contribution is -2.14. The molecular formula is C24H18Cl2N2O2. The zero-order chi connectivity index (χ0) is 21.5. The zero-order valence-electron chi connectivity index (χ0n) is 16.2. The Bertz CT molecular complexity index is 1150. The molecule has 0 heterocycles. The number of carbonyl (C=O) groups excluding carboxylic acids is 1. The van der Waals surface area contributed by atoms with Crippen LogP contribution in [0.1, 0.15) is 16.7 Å². The van der Waals surface area contributed by atoms with Gasteiger partial charge in [0.05, 0.1) is 0 Å². The van der Waals surface area contributed by atoms with Crippen molar-refractivity contribution in [1.29, 1.82) is 5.26 Å². The summed E-state index contributed by atoms with van der Waals surface area (Å²) in [6, 6.07) is 21.7. The predicted molar refractivity (Wildman–Crippen MR) is 121 cm³/mol. The highest BCUT2D eigenvalue weighted by molar-refractivity contribution is 6.31. The molecule has 3 aromatic rings. The molecule has 0 bridgehead atoms. The average Bonchev–Trinajstić information content (AvgIpc) is 2.73. The summed E-state index contributed by atoms with van der Waals surface area (Å²) in [5.74, 6) is 0.0319. The third-order valence-electron chi connectivity index (χ3n) is 4.32.